The quantitative estimate of drug-likeness (QED) is 0.533. The first-order valence-electron chi connectivity index (χ1n) is 9.29. The average molecular weight is 280 g/mol. The zero-order valence-electron chi connectivity index (χ0n) is 15.8. The van der Waals surface area contributed by atoms with Crippen molar-refractivity contribution in [1.82, 2.24) is 0 Å². The van der Waals surface area contributed by atoms with Gasteiger partial charge in [0.05, 0.1) is 0 Å². The molecular formula is C20H38. The van der Waals surface area contributed by atoms with Gasteiger partial charge in [0, 0.05) is 1.37 Å². The van der Waals surface area contributed by atoms with E-state index < -0.39 is 0 Å². The van der Waals surface area contributed by atoms with Crippen LogP contribution in [0.4, 0.5) is 0 Å². The van der Waals surface area contributed by atoms with Gasteiger partial charge in [-0.15, -0.1) is 0 Å². The Hall–Kier alpha value is -0.780. The molecule has 1 aliphatic rings. The van der Waals surface area contributed by atoms with Crippen LogP contribution in [0.25, 0.3) is 0 Å². The van der Waals surface area contributed by atoms with E-state index in [0.717, 1.165) is 11.5 Å². The molecule has 0 spiro atoms. The molecule has 118 valence electrons. The highest BCUT2D eigenvalue weighted by molar-refractivity contribution is 5.13. The minimum Gasteiger partial charge on any atom is -0.0683 e. The van der Waals surface area contributed by atoms with Crippen molar-refractivity contribution in [2.24, 2.45) is 5.92 Å². The molecule has 2 rings (SSSR count). The standard InChI is InChI=1S/C8H16.C8H10.2C2H6/c2*1-2-8-6-4-3-5-7-8;2*1-2/h8H,2-7H2,1H3;3-7H,2H2,1H3;2*1-2H3/i;2D;;. The molecule has 0 nitrogen and oxygen atoms in total. The van der Waals surface area contributed by atoms with Gasteiger partial charge in [0.1, 0.15) is 0 Å². The van der Waals surface area contributed by atoms with Crippen molar-refractivity contribution >= 4 is 0 Å². The summed E-state index contributed by atoms with van der Waals surface area (Å²) >= 11 is 0. The fraction of sp³-hybridized carbons (Fsp3) is 0.700. The van der Waals surface area contributed by atoms with Gasteiger partial charge in [-0.3, -0.25) is 0 Å². The zero-order valence-corrected chi connectivity index (χ0v) is 14.8. The maximum Gasteiger partial charge on any atom is 0.0313 e. The van der Waals surface area contributed by atoms with Gasteiger partial charge in [0.15, 0.2) is 0 Å². The molecule has 0 aliphatic heterocycles. The van der Waals surface area contributed by atoms with E-state index in [1.807, 2.05) is 65.0 Å². The number of hydrogen-bond acceptors (Lipinski definition) is 0. The minimum atomic E-state index is -0.0915. The topological polar surface area (TPSA) is 0 Å². The van der Waals surface area contributed by atoms with Crippen LogP contribution in [-0.4, -0.2) is 0 Å². The normalized spacial score (nSPS) is 16.0. The molecule has 1 atom stereocenters. The maximum atomic E-state index is 7.32. The number of aryl methyl sites for hydroxylation is 1. The van der Waals surface area contributed by atoms with E-state index in [9.17, 15) is 0 Å². The smallest absolute Gasteiger partial charge is 0.0313 e. The zero-order chi connectivity index (χ0) is 16.5. The molecule has 1 unspecified atom stereocenters. The number of hydrogen-bond donors (Lipinski definition) is 0. The van der Waals surface area contributed by atoms with Gasteiger partial charge in [0.25, 0.3) is 0 Å². The largest absolute Gasteiger partial charge is 0.0683 e. The highest BCUT2D eigenvalue weighted by Crippen LogP contribution is 2.25. The first kappa shape index (κ1) is 19.2. The predicted molar refractivity (Wildman–Crippen MR) is 95.4 cm³/mol. The second-order valence-electron chi connectivity index (χ2n) is 4.61. The van der Waals surface area contributed by atoms with E-state index in [1.54, 1.807) is 0 Å². The van der Waals surface area contributed by atoms with Crippen molar-refractivity contribution in [3.8, 4) is 0 Å². The summed E-state index contributed by atoms with van der Waals surface area (Å²) in [4.78, 5) is 0. The molecule has 20 heavy (non-hydrogen) atoms. The van der Waals surface area contributed by atoms with Crippen molar-refractivity contribution in [3.63, 3.8) is 0 Å². The van der Waals surface area contributed by atoms with E-state index >= 15 is 0 Å². The second-order valence-corrected chi connectivity index (χ2v) is 4.61. The molecule has 0 heteroatoms. The minimum absolute atomic E-state index is 0.0915. The van der Waals surface area contributed by atoms with Gasteiger partial charge in [-0.05, 0) is 17.9 Å². The third-order valence-electron chi connectivity index (χ3n) is 3.44. The second kappa shape index (κ2) is 18.2. The molecule has 0 saturated heterocycles. The Morgan fingerprint density at radius 1 is 0.900 bits per heavy atom. The summed E-state index contributed by atoms with van der Waals surface area (Å²) in [6, 6.07) is 9.82. The molecule has 0 radical (unpaired) electrons. The van der Waals surface area contributed by atoms with E-state index in [-0.39, 0.29) is 6.40 Å². The Kier molecular flexibility index (Phi) is 17.5. The number of benzene rings is 1. The molecule has 1 saturated carbocycles. The molecular weight excluding hydrogens is 240 g/mol. The Bertz CT molecular complexity index is 273. The first-order valence-corrected chi connectivity index (χ1v) is 8.71. The van der Waals surface area contributed by atoms with E-state index in [0.29, 0.717) is 0 Å². The molecule has 0 heterocycles. The van der Waals surface area contributed by atoms with Crippen LogP contribution in [0.15, 0.2) is 30.3 Å². The molecule has 0 amide bonds. The van der Waals surface area contributed by atoms with Gasteiger partial charge in [-0.2, -0.15) is 0 Å². The Balaban J connectivity index is 0. The van der Waals surface area contributed by atoms with Crippen molar-refractivity contribution in [2.75, 3.05) is 0 Å². The molecule has 1 aromatic carbocycles. The third-order valence-corrected chi connectivity index (χ3v) is 3.44. The van der Waals surface area contributed by atoms with E-state index in [1.165, 1.54) is 38.5 Å². The van der Waals surface area contributed by atoms with Crippen LogP contribution in [0.2, 0.25) is 0 Å². The van der Waals surface area contributed by atoms with E-state index in [2.05, 4.69) is 6.92 Å². The van der Waals surface area contributed by atoms with Crippen molar-refractivity contribution in [3.05, 3.63) is 35.9 Å². The van der Waals surface area contributed by atoms with Crippen LogP contribution in [0, 0.1) is 5.92 Å². The van der Waals surface area contributed by atoms with Crippen LogP contribution in [0.3, 0.4) is 0 Å². The Labute approximate surface area is 130 Å². The molecule has 0 N–H and O–H groups in total. The van der Waals surface area contributed by atoms with Gasteiger partial charge < -0.3 is 0 Å². The predicted octanol–water partition coefficient (Wildman–Crippen LogP) is 7.28. The summed E-state index contributed by atoms with van der Waals surface area (Å²) in [7, 11) is 0. The summed E-state index contributed by atoms with van der Waals surface area (Å²) in [6.07, 6.45) is 8.84. The molecule has 0 aromatic heterocycles. The molecule has 0 bridgehead atoms. The van der Waals surface area contributed by atoms with Crippen molar-refractivity contribution < 1.29 is 1.37 Å². The summed E-state index contributed by atoms with van der Waals surface area (Å²) in [6.45, 7) is 12.2. The molecule has 1 aromatic rings. The number of rotatable bonds is 2. The monoisotopic (exact) mass is 279 g/mol. The maximum absolute atomic E-state index is 7.32. The van der Waals surface area contributed by atoms with E-state index in [4.69, 9.17) is 1.37 Å². The highest BCUT2D eigenvalue weighted by atomic mass is 14.2. The van der Waals surface area contributed by atoms with Gasteiger partial charge >= 0.3 is 0 Å². The van der Waals surface area contributed by atoms with Gasteiger partial charge in [-0.1, -0.05) is 110 Å². The van der Waals surface area contributed by atoms with Gasteiger partial charge in [0.2, 0.25) is 0 Å². The lowest BCUT2D eigenvalue weighted by Gasteiger charge is -2.18. The van der Waals surface area contributed by atoms with Crippen LogP contribution >= 0.6 is 0 Å². The lowest BCUT2D eigenvalue weighted by molar-refractivity contribution is 0.349. The molecule has 1 fully saturated rings. The lowest BCUT2D eigenvalue weighted by atomic mass is 9.88. The first-order chi connectivity index (χ1) is 10.2. The summed E-state index contributed by atoms with van der Waals surface area (Å²) in [5.74, 6) is 1.09. The fourth-order valence-electron chi connectivity index (χ4n) is 2.24. The van der Waals surface area contributed by atoms with Crippen molar-refractivity contribution in [2.45, 2.75) is 86.5 Å². The SMILES string of the molecule is CC.CC.CCC1CCCCC1.[2H]C(C)c1ccccc1. The third kappa shape index (κ3) is 12.3. The average Bonchev–Trinajstić information content (AvgIpc) is 2.60. The van der Waals surface area contributed by atoms with Crippen LogP contribution in [-0.2, 0) is 6.40 Å². The highest BCUT2D eigenvalue weighted by Gasteiger charge is 2.09. The molecule has 1 aliphatic carbocycles. The van der Waals surface area contributed by atoms with Crippen molar-refractivity contribution in [1.29, 1.82) is 0 Å². The van der Waals surface area contributed by atoms with Crippen LogP contribution in [0.1, 0.15) is 87.0 Å². The Morgan fingerprint density at radius 3 is 1.70 bits per heavy atom. The van der Waals surface area contributed by atoms with Crippen LogP contribution < -0.4 is 0 Å². The van der Waals surface area contributed by atoms with Crippen LogP contribution in [0.5, 0.6) is 0 Å². The lowest BCUT2D eigenvalue weighted by Crippen LogP contribution is -2.03. The summed E-state index contributed by atoms with van der Waals surface area (Å²) < 4.78 is 7.32. The summed E-state index contributed by atoms with van der Waals surface area (Å²) in [5, 5.41) is 0. The Morgan fingerprint density at radius 2 is 1.40 bits per heavy atom. The fourth-order valence-corrected chi connectivity index (χ4v) is 2.24. The summed E-state index contributed by atoms with van der Waals surface area (Å²) in [5.41, 5.74) is 1.08. The van der Waals surface area contributed by atoms with Gasteiger partial charge in [-0.25, -0.2) is 0 Å².